The number of guanidine groups is 1. The van der Waals surface area contributed by atoms with Crippen LogP contribution in [0.2, 0.25) is 0 Å². The van der Waals surface area contributed by atoms with Crippen molar-refractivity contribution in [3.63, 3.8) is 0 Å². The molecule has 0 amide bonds. The molecule has 0 aliphatic carbocycles. The predicted octanol–water partition coefficient (Wildman–Crippen LogP) is 2.32. The van der Waals surface area contributed by atoms with E-state index in [1.165, 1.54) is 0 Å². The lowest BCUT2D eigenvalue weighted by atomic mass is 9.96. The number of aliphatic imine (C=N–C) groups is 1. The summed E-state index contributed by atoms with van der Waals surface area (Å²) in [5.41, 5.74) is 2.87. The standard InChI is InChI=1S/C21H35N5O3/c1-8-22-20(24-13-21(6,27)19-11-14(2)29-17(19)5)23-12-18-15(3)25-26(16(18)4)9-10-28-7/h11,27H,8-10,12-13H2,1-7H3,(H2,22,23,24). The molecule has 1 unspecified atom stereocenters. The Morgan fingerprint density at radius 3 is 2.62 bits per heavy atom. The Labute approximate surface area is 173 Å². The zero-order valence-corrected chi connectivity index (χ0v) is 18.7. The molecule has 0 aromatic carbocycles. The Kier molecular flexibility index (Phi) is 7.87. The molecule has 2 aromatic heterocycles. The summed E-state index contributed by atoms with van der Waals surface area (Å²) in [6.07, 6.45) is 0. The molecule has 0 saturated carbocycles. The van der Waals surface area contributed by atoms with Crippen LogP contribution in [0.1, 0.15) is 47.9 Å². The fraction of sp³-hybridized carbons (Fsp3) is 0.619. The maximum absolute atomic E-state index is 10.9. The largest absolute Gasteiger partial charge is 0.466 e. The van der Waals surface area contributed by atoms with Gasteiger partial charge in [-0.3, -0.25) is 4.68 Å². The molecular weight excluding hydrogens is 370 g/mol. The van der Waals surface area contributed by atoms with Gasteiger partial charge in [0.1, 0.15) is 17.1 Å². The van der Waals surface area contributed by atoms with Gasteiger partial charge in [-0.05, 0) is 47.6 Å². The van der Waals surface area contributed by atoms with E-state index >= 15 is 0 Å². The summed E-state index contributed by atoms with van der Waals surface area (Å²) in [4.78, 5) is 4.70. The van der Waals surface area contributed by atoms with Crippen molar-refractivity contribution in [3.05, 3.63) is 40.1 Å². The highest BCUT2D eigenvalue weighted by Crippen LogP contribution is 2.26. The number of methoxy groups -OCH3 is 1. The fourth-order valence-electron chi connectivity index (χ4n) is 3.37. The van der Waals surface area contributed by atoms with E-state index in [1.807, 2.05) is 38.4 Å². The van der Waals surface area contributed by atoms with E-state index in [-0.39, 0.29) is 0 Å². The Morgan fingerprint density at radius 1 is 1.31 bits per heavy atom. The Bertz CT molecular complexity index is 836. The highest BCUT2D eigenvalue weighted by atomic mass is 16.5. The van der Waals surface area contributed by atoms with Crippen molar-refractivity contribution < 1.29 is 14.3 Å². The van der Waals surface area contributed by atoms with Crippen molar-refractivity contribution in [1.29, 1.82) is 0 Å². The van der Waals surface area contributed by atoms with Crippen LogP contribution in [-0.2, 0) is 23.4 Å². The van der Waals surface area contributed by atoms with Crippen molar-refractivity contribution in [2.24, 2.45) is 4.99 Å². The van der Waals surface area contributed by atoms with E-state index in [2.05, 4.69) is 22.7 Å². The van der Waals surface area contributed by atoms with Gasteiger partial charge in [0.2, 0.25) is 0 Å². The van der Waals surface area contributed by atoms with Gasteiger partial charge in [-0.25, -0.2) is 4.99 Å². The zero-order chi connectivity index (χ0) is 21.6. The number of rotatable bonds is 9. The number of nitrogens with one attached hydrogen (secondary N) is 2. The summed E-state index contributed by atoms with van der Waals surface area (Å²) in [5.74, 6) is 2.16. The highest BCUT2D eigenvalue weighted by Gasteiger charge is 2.28. The fourth-order valence-corrected chi connectivity index (χ4v) is 3.37. The summed E-state index contributed by atoms with van der Waals surface area (Å²) in [5, 5.41) is 22.0. The minimum Gasteiger partial charge on any atom is -0.466 e. The number of aliphatic hydroxyl groups is 1. The first kappa shape index (κ1) is 23.0. The number of aryl methyl sites for hydroxylation is 3. The quantitative estimate of drug-likeness (QED) is 0.438. The lowest BCUT2D eigenvalue weighted by Gasteiger charge is -2.24. The first-order valence-electron chi connectivity index (χ1n) is 10.0. The summed E-state index contributed by atoms with van der Waals surface area (Å²) >= 11 is 0. The molecule has 2 aromatic rings. The third kappa shape index (κ3) is 5.83. The van der Waals surface area contributed by atoms with Crippen LogP contribution in [0.25, 0.3) is 0 Å². The summed E-state index contributed by atoms with van der Waals surface area (Å²) in [6.45, 7) is 14.5. The van der Waals surface area contributed by atoms with Crippen LogP contribution >= 0.6 is 0 Å². The molecule has 162 valence electrons. The molecule has 2 heterocycles. The molecule has 3 N–H and O–H groups in total. The average Bonchev–Trinajstić information content (AvgIpc) is 3.14. The second-order valence-electron chi connectivity index (χ2n) is 7.51. The molecular formula is C21H35N5O3. The van der Waals surface area contributed by atoms with Crippen LogP contribution in [0, 0.1) is 27.7 Å². The number of ether oxygens (including phenoxy) is 1. The first-order chi connectivity index (χ1) is 13.7. The number of aromatic nitrogens is 2. The molecule has 8 heteroatoms. The molecule has 29 heavy (non-hydrogen) atoms. The van der Waals surface area contributed by atoms with Crippen LogP contribution in [0.5, 0.6) is 0 Å². The SMILES string of the molecule is CCNC(=NCc1c(C)nn(CCOC)c1C)NCC(C)(O)c1cc(C)oc1C. The molecule has 0 bridgehead atoms. The summed E-state index contributed by atoms with van der Waals surface area (Å²) in [7, 11) is 1.69. The minimum atomic E-state index is -1.07. The molecule has 0 aliphatic rings. The maximum Gasteiger partial charge on any atom is 0.191 e. The molecule has 1 atom stereocenters. The lowest BCUT2D eigenvalue weighted by Crippen LogP contribution is -2.44. The number of hydrogen-bond donors (Lipinski definition) is 3. The van der Waals surface area contributed by atoms with Gasteiger partial charge in [-0.15, -0.1) is 0 Å². The predicted molar refractivity (Wildman–Crippen MR) is 114 cm³/mol. The minimum absolute atomic E-state index is 0.309. The molecule has 0 aliphatic heterocycles. The van der Waals surface area contributed by atoms with Crippen molar-refractivity contribution in [2.45, 2.75) is 60.2 Å². The van der Waals surface area contributed by atoms with E-state index in [4.69, 9.17) is 14.1 Å². The third-order valence-corrected chi connectivity index (χ3v) is 5.00. The van der Waals surface area contributed by atoms with Gasteiger partial charge < -0.3 is 24.9 Å². The van der Waals surface area contributed by atoms with Gasteiger partial charge in [0.25, 0.3) is 0 Å². The number of hydrogen-bond acceptors (Lipinski definition) is 5. The molecule has 0 saturated heterocycles. The van der Waals surface area contributed by atoms with Gasteiger partial charge in [0.05, 0.1) is 31.9 Å². The van der Waals surface area contributed by atoms with E-state index in [0.717, 1.165) is 47.1 Å². The second-order valence-corrected chi connectivity index (χ2v) is 7.51. The molecule has 0 spiro atoms. The second kappa shape index (κ2) is 9.93. The molecule has 8 nitrogen and oxygen atoms in total. The Morgan fingerprint density at radius 2 is 2.03 bits per heavy atom. The van der Waals surface area contributed by atoms with Crippen LogP contribution in [0.15, 0.2) is 15.5 Å². The third-order valence-electron chi connectivity index (χ3n) is 5.00. The summed E-state index contributed by atoms with van der Waals surface area (Å²) in [6, 6.07) is 1.88. The molecule has 0 radical (unpaired) electrons. The van der Waals surface area contributed by atoms with E-state index in [9.17, 15) is 5.11 Å². The van der Waals surface area contributed by atoms with Gasteiger partial charge in [-0.1, -0.05) is 0 Å². The van der Waals surface area contributed by atoms with Crippen LogP contribution < -0.4 is 10.6 Å². The number of furan rings is 1. The van der Waals surface area contributed by atoms with Crippen LogP contribution in [0.4, 0.5) is 0 Å². The van der Waals surface area contributed by atoms with E-state index < -0.39 is 5.60 Å². The summed E-state index contributed by atoms with van der Waals surface area (Å²) < 4.78 is 12.7. The highest BCUT2D eigenvalue weighted by molar-refractivity contribution is 5.79. The zero-order valence-electron chi connectivity index (χ0n) is 18.7. The molecule has 0 fully saturated rings. The monoisotopic (exact) mass is 405 g/mol. The average molecular weight is 406 g/mol. The van der Waals surface area contributed by atoms with Gasteiger partial charge >= 0.3 is 0 Å². The van der Waals surface area contributed by atoms with Crippen molar-refractivity contribution in [3.8, 4) is 0 Å². The van der Waals surface area contributed by atoms with Crippen LogP contribution in [0.3, 0.4) is 0 Å². The maximum atomic E-state index is 10.9. The van der Waals surface area contributed by atoms with Gasteiger partial charge in [0.15, 0.2) is 5.96 Å². The molecule has 2 rings (SSSR count). The lowest BCUT2D eigenvalue weighted by molar-refractivity contribution is 0.0601. The Balaban J connectivity index is 2.10. The van der Waals surface area contributed by atoms with Gasteiger partial charge in [-0.2, -0.15) is 5.10 Å². The van der Waals surface area contributed by atoms with Crippen LogP contribution in [-0.4, -0.2) is 47.7 Å². The van der Waals surface area contributed by atoms with Crippen molar-refractivity contribution in [1.82, 2.24) is 20.4 Å². The van der Waals surface area contributed by atoms with Gasteiger partial charge in [0, 0.05) is 30.5 Å². The first-order valence-corrected chi connectivity index (χ1v) is 10.0. The van der Waals surface area contributed by atoms with Crippen molar-refractivity contribution in [2.75, 3.05) is 26.8 Å². The van der Waals surface area contributed by atoms with E-state index in [1.54, 1.807) is 14.0 Å². The van der Waals surface area contributed by atoms with E-state index in [0.29, 0.717) is 25.7 Å². The number of nitrogens with zero attached hydrogens (tertiary/aromatic N) is 3. The topological polar surface area (TPSA) is 96.8 Å². The van der Waals surface area contributed by atoms with Crippen molar-refractivity contribution >= 4 is 5.96 Å². The normalized spacial score (nSPS) is 14.1. The Hall–Kier alpha value is -2.32. The smallest absolute Gasteiger partial charge is 0.191 e.